The van der Waals surface area contributed by atoms with Crippen molar-refractivity contribution in [2.75, 3.05) is 18.5 Å². The quantitative estimate of drug-likeness (QED) is 0.605. The fraction of sp³-hybridized carbons (Fsp3) is 0.227. The maximum absolute atomic E-state index is 13.4. The second-order valence-electron chi connectivity index (χ2n) is 7.30. The number of nitrogens with one attached hydrogen (secondary N) is 1. The van der Waals surface area contributed by atoms with E-state index in [-0.39, 0.29) is 10.8 Å². The average molecular weight is 488 g/mol. The lowest BCUT2D eigenvalue weighted by atomic mass is 10.1. The first kappa shape index (κ1) is 20.8. The Morgan fingerprint density at radius 3 is 2.43 bits per heavy atom. The van der Waals surface area contributed by atoms with Gasteiger partial charge in [-0.05, 0) is 81.4 Å². The monoisotopic (exact) mass is 487 g/mol. The fourth-order valence-corrected chi connectivity index (χ4v) is 5.03. The first-order valence-electron chi connectivity index (χ1n) is 9.56. The van der Waals surface area contributed by atoms with Crippen LogP contribution in [0.15, 0.2) is 57.9 Å². The molecule has 8 heteroatoms. The Bertz CT molecular complexity index is 1250. The minimum atomic E-state index is -3.51. The van der Waals surface area contributed by atoms with Crippen LogP contribution < -0.4 is 9.62 Å². The van der Waals surface area contributed by atoms with Crippen molar-refractivity contribution in [3.8, 4) is 5.69 Å². The van der Waals surface area contributed by atoms with Crippen molar-refractivity contribution in [1.29, 1.82) is 0 Å². The van der Waals surface area contributed by atoms with Crippen LogP contribution in [0.25, 0.3) is 5.69 Å². The lowest BCUT2D eigenvalue weighted by molar-refractivity contribution is 0.0989. The van der Waals surface area contributed by atoms with E-state index in [9.17, 15) is 13.2 Å². The molecule has 1 aromatic heterocycles. The van der Waals surface area contributed by atoms with Crippen LogP contribution in [0.5, 0.6) is 0 Å². The average Bonchev–Trinajstić information content (AvgIpc) is 3.28. The van der Waals surface area contributed by atoms with Crippen molar-refractivity contribution in [2.24, 2.45) is 0 Å². The predicted octanol–water partition coefficient (Wildman–Crippen LogP) is 3.97. The van der Waals surface area contributed by atoms with Gasteiger partial charge in [0.2, 0.25) is 10.0 Å². The van der Waals surface area contributed by atoms with Gasteiger partial charge in [-0.1, -0.05) is 15.9 Å². The molecule has 1 aliphatic heterocycles. The lowest BCUT2D eigenvalue weighted by Crippen LogP contribution is -2.29. The highest BCUT2D eigenvalue weighted by Crippen LogP contribution is 2.33. The molecule has 0 atom stereocenters. The number of anilines is 1. The van der Waals surface area contributed by atoms with Gasteiger partial charge in [0.05, 0.1) is 10.5 Å². The zero-order chi connectivity index (χ0) is 21.6. The number of fused-ring (bicyclic) bond motifs is 1. The summed E-state index contributed by atoms with van der Waals surface area (Å²) in [5.74, 6) is -0.0746. The number of hydrogen-bond donors (Lipinski definition) is 1. The topological polar surface area (TPSA) is 71.4 Å². The third-order valence-corrected chi connectivity index (χ3v) is 7.46. The van der Waals surface area contributed by atoms with E-state index in [1.54, 1.807) is 23.1 Å². The number of aryl methyl sites for hydroxylation is 1. The van der Waals surface area contributed by atoms with Gasteiger partial charge >= 0.3 is 0 Å². The molecule has 0 saturated carbocycles. The van der Waals surface area contributed by atoms with E-state index in [2.05, 4.69) is 25.2 Å². The highest BCUT2D eigenvalue weighted by Gasteiger charge is 2.29. The van der Waals surface area contributed by atoms with Crippen LogP contribution in [0.2, 0.25) is 0 Å². The van der Waals surface area contributed by atoms with Gasteiger partial charge in [0.15, 0.2) is 0 Å². The molecule has 30 heavy (non-hydrogen) atoms. The van der Waals surface area contributed by atoms with Gasteiger partial charge in [-0.3, -0.25) is 4.79 Å². The van der Waals surface area contributed by atoms with Crippen molar-refractivity contribution >= 4 is 37.5 Å². The molecule has 0 spiro atoms. The molecule has 1 amide bonds. The van der Waals surface area contributed by atoms with Crippen LogP contribution in [0.1, 0.15) is 27.3 Å². The SMILES string of the molecule is CNS(=O)(=O)c1ccc2c(c1)CCN2C(=O)c1cc(C)n(-c2ccc(Br)cc2)c1C. The maximum atomic E-state index is 13.4. The Hall–Kier alpha value is -2.42. The molecule has 1 aliphatic rings. The summed E-state index contributed by atoms with van der Waals surface area (Å²) in [6.45, 7) is 4.46. The molecule has 6 nitrogen and oxygen atoms in total. The first-order valence-corrected chi connectivity index (χ1v) is 11.8. The Labute approximate surface area is 184 Å². The van der Waals surface area contributed by atoms with Crippen molar-refractivity contribution < 1.29 is 13.2 Å². The molecular formula is C22H22BrN3O3S. The van der Waals surface area contributed by atoms with E-state index < -0.39 is 10.0 Å². The highest BCUT2D eigenvalue weighted by molar-refractivity contribution is 9.10. The van der Waals surface area contributed by atoms with Gasteiger partial charge in [-0.2, -0.15) is 0 Å². The number of benzene rings is 2. The molecule has 0 unspecified atom stereocenters. The maximum Gasteiger partial charge on any atom is 0.260 e. The summed E-state index contributed by atoms with van der Waals surface area (Å²) in [7, 11) is -2.12. The summed E-state index contributed by atoms with van der Waals surface area (Å²) >= 11 is 3.45. The summed E-state index contributed by atoms with van der Waals surface area (Å²) in [5.41, 5.74) is 5.13. The summed E-state index contributed by atoms with van der Waals surface area (Å²) in [6.07, 6.45) is 0.625. The molecule has 0 aliphatic carbocycles. The number of sulfonamides is 1. The first-order chi connectivity index (χ1) is 14.2. The third-order valence-electron chi connectivity index (χ3n) is 5.52. The molecule has 1 N–H and O–H groups in total. The molecule has 0 bridgehead atoms. The summed E-state index contributed by atoms with van der Waals surface area (Å²) < 4.78 is 29.6. The normalized spacial score (nSPS) is 13.5. The van der Waals surface area contributed by atoms with Crippen molar-refractivity contribution in [3.63, 3.8) is 0 Å². The van der Waals surface area contributed by atoms with Gasteiger partial charge in [0.25, 0.3) is 5.91 Å². The second-order valence-corrected chi connectivity index (χ2v) is 10.1. The predicted molar refractivity (Wildman–Crippen MR) is 121 cm³/mol. The number of amides is 1. The number of hydrogen-bond acceptors (Lipinski definition) is 3. The molecule has 0 radical (unpaired) electrons. The Kier molecular flexibility index (Phi) is 5.34. The molecule has 156 valence electrons. The van der Waals surface area contributed by atoms with E-state index in [1.807, 2.05) is 44.2 Å². The van der Waals surface area contributed by atoms with Crippen molar-refractivity contribution in [1.82, 2.24) is 9.29 Å². The number of nitrogens with zero attached hydrogens (tertiary/aromatic N) is 2. The van der Waals surface area contributed by atoms with Crippen LogP contribution in [-0.4, -0.2) is 32.5 Å². The molecular weight excluding hydrogens is 466 g/mol. The van der Waals surface area contributed by atoms with Gasteiger partial charge < -0.3 is 9.47 Å². The number of aromatic nitrogens is 1. The molecule has 3 aromatic rings. The molecule has 0 fully saturated rings. The largest absolute Gasteiger partial charge is 0.318 e. The molecule has 0 saturated heterocycles. The van der Waals surface area contributed by atoms with Gasteiger partial charge in [0.1, 0.15) is 0 Å². The second kappa shape index (κ2) is 7.68. The standard InChI is InChI=1S/C22H22BrN3O3S/c1-14-12-20(15(2)26(14)18-6-4-17(23)5-7-18)22(27)25-11-10-16-13-19(8-9-21(16)25)30(28,29)24-3/h4-9,12-13,24H,10-11H2,1-3H3. The van der Waals surface area contributed by atoms with Gasteiger partial charge in [0, 0.05) is 33.8 Å². The number of carbonyl (C=O) groups excluding carboxylic acids is 1. The zero-order valence-corrected chi connectivity index (χ0v) is 19.3. The van der Waals surface area contributed by atoms with Crippen molar-refractivity contribution in [2.45, 2.75) is 25.2 Å². The van der Waals surface area contributed by atoms with Crippen molar-refractivity contribution in [3.05, 3.63) is 75.5 Å². The van der Waals surface area contributed by atoms with E-state index in [1.165, 1.54) is 7.05 Å². The van der Waals surface area contributed by atoms with Crippen LogP contribution in [0.4, 0.5) is 5.69 Å². The van der Waals surface area contributed by atoms with Crippen LogP contribution >= 0.6 is 15.9 Å². The van der Waals surface area contributed by atoms with Crippen LogP contribution in [0, 0.1) is 13.8 Å². The van der Waals surface area contributed by atoms with Crippen LogP contribution in [0.3, 0.4) is 0 Å². The number of carbonyl (C=O) groups is 1. The summed E-state index contributed by atoms with van der Waals surface area (Å²) in [5, 5.41) is 0. The Morgan fingerprint density at radius 1 is 1.07 bits per heavy atom. The van der Waals surface area contributed by atoms with E-state index in [0.29, 0.717) is 18.5 Å². The molecule has 4 rings (SSSR count). The fourth-order valence-electron chi connectivity index (χ4n) is 3.99. The van der Waals surface area contributed by atoms with E-state index in [0.717, 1.165) is 32.8 Å². The number of halogens is 1. The highest BCUT2D eigenvalue weighted by atomic mass is 79.9. The Balaban J connectivity index is 1.69. The zero-order valence-electron chi connectivity index (χ0n) is 16.9. The number of rotatable bonds is 4. The minimum Gasteiger partial charge on any atom is -0.318 e. The van der Waals surface area contributed by atoms with Gasteiger partial charge in [-0.15, -0.1) is 0 Å². The van der Waals surface area contributed by atoms with Crippen LogP contribution in [-0.2, 0) is 16.4 Å². The third kappa shape index (κ3) is 3.49. The van der Waals surface area contributed by atoms with E-state index in [4.69, 9.17) is 0 Å². The molecule has 2 aromatic carbocycles. The lowest BCUT2D eigenvalue weighted by Gasteiger charge is -2.18. The summed E-state index contributed by atoms with van der Waals surface area (Å²) in [6, 6.07) is 14.8. The summed E-state index contributed by atoms with van der Waals surface area (Å²) in [4.78, 5) is 15.3. The van der Waals surface area contributed by atoms with Gasteiger partial charge in [-0.25, -0.2) is 13.1 Å². The Morgan fingerprint density at radius 2 is 1.77 bits per heavy atom. The molecule has 2 heterocycles. The van der Waals surface area contributed by atoms with E-state index >= 15 is 0 Å². The smallest absolute Gasteiger partial charge is 0.260 e. The minimum absolute atomic E-state index is 0.0746.